The Kier molecular flexibility index (Phi) is 4.04. The second-order valence-corrected chi connectivity index (χ2v) is 5.63. The molecule has 0 heterocycles. The van der Waals surface area contributed by atoms with Crippen molar-refractivity contribution in [3.63, 3.8) is 0 Å². The van der Waals surface area contributed by atoms with E-state index in [1.165, 1.54) is 36.8 Å². The molecule has 0 radical (unpaired) electrons. The molecule has 3 rings (SSSR count). The van der Waals surface area contributed by atoms with Crippen LogP contribution in [0, 0.1) is 5.92 Å². The lowest BCUT2D eigenvalue weighted by Crippen LogP contribution is -2.22. The van der Waals surface area contributed by atoms with Gasteiger partial charge >= 0.3 is 0 Å². The highest BCUT2D eigenvalue weighted by molar-refractivity contribution is 5.43. The predicted octanol–water partition coefficient (Wildman–Crippen LogP) is 3.05. The minimum atomic E-state index is 0.386. The molecule has 0 bridgehead atoms. The van der Waals surface area contributed by atoms with Crippen molar-refractivity contribution in [1.82, 2.24) is 5.32 Å². The second-order valence-electron chi connectivity index (χ2n) is 5.63. The van der Waals surface area contributed by atoms with Crippen LogP contribution in [-0.4, -0.2) is 20.4 Å². The maximum atomic E-state index is 5.83. The highest BCUT2D eigenvalue weighted by Crippen LogP contribution is 2.35. The second kappa shape index (κ2) is 5.93. The molecular formula is C16H23NO2. The first-order valence-electron chi connectivity index (χ1n) is 7.38. The van der Waals surface area contributed by atoms with Crippen molar-refractivity contribution in [1.29, 1.82) is 0 Å². The van der Waals surface area contributed by atoms with Gasteiger partial charge in [-0.15, -0.1) is 0 Å². The van der Waals surface area contributed by atoms with Gasteiger partial charge in [-0.2, -0.15) is 0 Å². The first-order chi connectivity index (χ1) is 9.38. The van der Waals surface area contributed by atoms with Gasteiger partial charge < -0.3 is 14.8 Å². The molecule has 0 aromatic heterocycles. The highest BCUT2D eigenvalue weighted by Gasteiger charge is 2.22. The van der Waals surface area contributed by atoms with Crippen LogP contribution in [-0.2, 0) is 11.2 Å². The van der Waals surface area contributed by atoms with Crippen LogP contribution in [0.1, 0.15) is 42.9 Å². The zero-order valence-corrected chi connectivity index (χ0v) is 11.7. The average Bonchev–Trinajstić information content (AvgIpc) is 3.27. The number of fused-ring (bicyclic) bond motifs is 1. The number of nitrogens with one attached hydrogen (secondary N) is 1. The van der Waals surface area contributed by atoms with Crippen molar-refractivity contribution in [3.05, 3.63) is 29.3 Å². The summed E-state index contributed by atoms with van der Waals surface area (Å²) in [7, 11) is 2.03. The summed E-state index contributed by atoms with van der Waals surface area (Å²) in [5.41, 5.74) is 2.76. The monoisotopic (exact) mass is 261 g/mol. The fraction of sp³-hybridized carbons (Fsp3) is 0.625. The van der Waals surface area contributed by atoms with Crippen molar-refractivity contribution in [2.75, 3.05) is 20.4 Å². The van der Waals surface area contributed by atoms with Crippen molar-refractivity contribution in [2.45, 2.75) is 38.1 Å². The summed E-state index contributed by atoms with van der Waals surface area (Å²) in [5, 5.41) is 3.39. The molecule has 0 saturated heterocycles. The molecule has 1 fully saturated rings. The van der Waals surface area contributed by atoms with Gasteiger partial charge in [-0.1, -0.05) is 12.1 Å². The molecule has 1 unspecified atom stereocenters. The van der Waals surface area contributed by atoms with Crippen LogP contribution in [0.25, 0.3) is 0 Å². The third-order valence-corrected chi connectivity index (χ3v) is 4.16. The number of hydrogen-bond donors (Lipinski definition) is 1. The van der Waals surface area contributed by atoms with Gasteiger partial charge in [0.1, 0.15) is 5.75 Å². The predicted molar refractivity (Wildman–Crippen MR) is 75.4 cm³/mol. The third-order valence-electron chi connectivity index (χ3n) is 4.16. The topological polar surface area (TPSA) is 30.5 Å². The summed E-state index contributed by atoms with van der Waals surface area (Å²) >= 11 is 0. The summed E-state index contributed by atoms with van der Waals surface area (Å²) in [4.78, 5) is 0. The highest BCUT2D eigenvalue weighted by atomic mass is 16.7. The minimum absolute atomic E-state index is 0.386. The average molecular weight is 261 g/mol. The Balaban J connectivity index is 1.63. The Labute approximate surface area is 115 Å². The van der Waals surface area contributed by atoms with E-state index in [1.807, 2.05) is 7.05 Å². The molecule has 2 aliphatic carbocycles. The van der Waals surface area contributed by atoms with Crippen molar-refractivity contribution in [2.24, 2.45) is 5.92 Å². The van der Waals surface area contributed by atoms with Crippen LogP contribution in [0.15, 0.2) is 18.2 Å². The maximum Gasteiger partial charge on any atom is 0.189 e. The molecule has 2 aliphatic rings. The van der Waals surface area contributed by atoms with Crippen LogP contribution < -0.4 is 10.1 Å². The van der Waals surface area contributed by atoms with Crippen molar-refractivity contribution >= 4 is 0 Å². The maximum absolute atomic E-state index is 5.83. The van der Waals surface area contributed by atoms with Crippen LogP contribution in [0.2, 0.25) is 0 Å². The number of ether oxygens (including phenoxy) is 2. The largest absolute Gasteiger partial charge is 0.467 e. The van der Waals surface area contributed by atoms with Crippen LogP contribution in [0.5, 0.6) is 5.75 Å². The fourth-order valence-corrected chi connectivity index (χ4v) is 2.85. The molecule has 1 aromatic rings. The number of hydrogen-bond acceptors (Lipinski definition) is 3. The zero-order chi connectivity index (χ0) is 13.1. The van der Waals surface area contributed by atoms with E-state index in [2.05, 4.69) is 23.5 Å². The van der Waals surface area contributed by atoms with E-state index in [1.54, 1.807) is 0 Å². The van der Waals surface area contributed by atoms with Crippen LogP contribution in [0.3, 0.4) is 0 Å². The van der Waals surface area contributed by atoms with E-state index in [0.717, 1.165) is 24.7 Å². The molecule has 3 nitrogen and oxygen atoms in total. The Morgan fingerprint density at radius 2 is 2.16 bits per heavy atom. The van der Waals surface area contributed by atoms with Gasteiger partial charge in [0.05, 0.1) is 6.61 Å². The van der Waals surface area contributed by atoms with Gasteiger partial charge in [0.15, 0.2) is 6.79 Å². The smallest absolute Gasteiger partial charge is 0.189 e. The molecular weight excluding hydrogens is 238 g/mol. The lowest BCUT2D eigenvalue weighted by Gasteiger charge is -2.26. The van der Waals surface area contributed by atoms with Gasteiger partial charge in [0, 0.05) is 6.04 Å². The summed E-state index contributed by atoms with van der Waals surface area (Å²) in [5.74, 6) is 1.80. The summed E-state index contributed by atoms with van der Waals surface area (Å²) < 4.78 is 11.4. The number of benzene rings is 1. The summed E-state index contributed by atoms with van der Waals surface area (Å²) in [6.07, 6.45) is 6.20. The third kappa shape index (κ3) is 3.10. The molecule has 1 N–H and O–H groups in total. The zero-order valence-electron chi connectivity index (χ0n) is 11.7. The van der Waals surface area contributed by atoms with Gasteiger partial charge in [0.2, 0.25) is 0 Å². The first kappa shape index (κ1) is 12.9. The molecule has 104 valence electrons. The molecule has 19 heavy (non-hydrogen) atoms. The Morgan fingerprint density at radius 1 is 1.26 bits per heavy atom. The lowest BCUT2D eigenvalue weighted by molar-refractivity contribution is 0.00930. The first-order valence-corrected chi connectivity index (χ1v) is 7.38. The van der Waals surface area contributed by atoms with E-state index in [-0.39, 0.29) is 0 Å². The molecule has 1 saturated carbocycles. The Morgan fingerprint density at radius 3 is 2.95 bits per heavy atom. The Bertz CT molecular complexity index is 429. The lowest BCUT2D eigenvalue weighted by atomic mass is 9.87. The van der Waals surface area contributed by atoms with Gasteiger partial charge in [-0.3, -0.25) is 0 Å². The minimum Gasteiger partial charge on any atom is -0.467 e. The van der Waals surface area contributed by atoms with Gasteiger partial charge in [0.25, 0.3) is 0 Å². The van der Waals surface area contributed by atoms with Gasteiger partial charge in [-0.05, 0) is 62.3 Å². The molecule has 0 aliphatic heterocycles. The number of rotatable bonds is 6. The molecule has 1 aromatic carbocycles. The quantitative estimate of drug-likeness (QED) is 0.630. The standard InChI is InChI=1S/C16H23NO2/c1-17-15-6-2-5-14-13(15)4-3-7-16(14)19-11-18-10-12-8-9-12/h3-4,7,12,15,17H,2,5-6,8-11H2,1H3. The SMILES string of the molecule is CNC1CCCc2c(OCOCC3CC3)cccc21. The van der Waals surface area contributed by atoms with Crippen molar-refractivity contribution in [3.8, 4) is 5.75 Å². The van der Waals surface area contributed by atoms with E-state index in [9.17, 15) is 0 Å². The van der Waals surface area contributed by atoms with E-state index >= 15 is 0 Å². The fourth-order valence-electron chi connectivity index (χ4n) is 2.85. The molecule has 1 atom stereocenters. The van der Waals surface area contributed by atoms with E-state index in [4.69, 9.17) is 9.47 Å². The molecule has 3 heteroatoms. The molecule has 0 amide bonds. The summed E-state index contributed by atoms with van der Waals surface area (Å²) in [6, 6.07) is 6.84. The Hall–Kier alpha value is -1.06. The normalized spacial score (nSPS) is 22.1. The van der Waals surface area contributed by atoms with E-state index < -0.39 is 0 Å². The van der Waals surface area contributed by atoms with Crippen LogP contribution in [0.4, 0.5) is 0 Å². The van der Waals surface area contributed by atoms with E-state index in [0.29, 0.717) is 12.8 Å². The summed E-state index contributed by atoms with van der Waals surface area (Å²) in [6.45, 7) is 1.24. The molecule has 0 spiro atoms. The van der Waals surface area contributed by atoms with Gasteiger partial charge in [-0.25, -0.2) is 0 Å². The van der Waals surface area contributed by atoms with Crippen molar-refractivity contribution < 1.29 is 9.47 Å². The van der Waals surface area contributed by atoms with Crippen LogP contribution >= 0.6 is 0 Å².